The van der Waals surface area contributed by atoms with Crippen LogP contribution in [0.3, 0.4) is 0 Å². The summed E-state index contributed by atoms with van der Waals surface area (Å²) in [5.74, 6) is -4.38. The summed E-state index contributed by atoms with van der Waals surface area (Å²) in [6.07, 6.45) is 3.10. The van der Waals surface area contributed by atoms with Crippen LogP contribution in [0.25, 0.3) is 0 Å². The Bertz CT molecular complexity index is 520. The maximum Gasteiger partial charge on any atom is 0.269 e. The van der Waals surface area contributed by atoms with Gasteiger partial charge in [-0.05, 0) is 18.6 Å². The molecule has 2 unspecified atom stereocenters. The molecular formula is C12H13F2N3O. The van der Waals surface area contributed by atoms with E-state index in [1.54, 1.807) is 12.3 Å². The smallest absolute Gasteiger partial charge is 0.269 e. The van der Waals surface area contributed by atoms with Gasteiger partial charge in [-0.3, -0.25) is 9.78 Å². The van der Waals surface area contributed by atoms with Crippen molar-refractivity contribution >= 4 is 11.6 Å². The number of anilines is 1. The number of piperidine rings is 1. The van der Waals surface area contributed by atoms with Crippen LogP contribution in [0.15, 0.2) is 18.5 Å². The third-order valence-corrected chi connectivity index (χ3v) is 3.83. The molecule has 6 heteroatoms. The van der Waals surface area contributed by atoms with Crippen molar-refractivity contribution in [2.45, 2.75) is 12.8 Å². The predicted molar refractivity (Wildman–Crippen MR) is 61.3 cm³/mol. The molecule has 1 aromatic heterocycles. The van der Waals surface area contributed by atoms with Crippen LogP contribution in [0.5, 0.6) is 0 Å². The van der Waals surface area contributed by atoms with Crippen molar-refractivity contribution in [2.24, 2.45) is 11.3 Å². The second kappa shape index (κ2) is 3.47. The summed E-state index contributed by atoms with van der Waals surface area (Å²) in [5.41, 5.74) is -0.229. The first kappa shape index (κ1) is 11.5. The Morgan fingerprint density at radius 2 is 2.33 bits per heavy atom. The molecule has 1 saturated carbocycles. The van der Waals surface area contributed by atoms with Crippen LogP contribution in [0, 0.1) is 18.3 Å². The number of alkyl halides is 2. The summed E-state index contributed by atoms with van der Waals surface area (Å²) >= 11 is 0. The molecule has 18 heavy (non-hydrogen) atoms. The zero-order valence-corrected chi connectivity index (χ0v) is 9.84. The summed E-state index contributed by atoms with van der Waals surface area (Å²) in [5, 5.41) is 5.38. The molecule has 0 aromatic carbocycles. The highest BCUT2D eigenvalue weighted by Crippen LogP contribution is 2.67. The topological polar surface area (TPSA) is 54.0 Å². The average molecular weight is 253 g/mol. The molecule has 2 aliphatic rings. The largest absolute Gasteiger partial charge is 0.324 e. The molecule has 0 radical (unpaired) electrons. The number of hydrogen-bond donors (Lipinski definition) is 2. The van der Waals surface area contributed by atoms with Crippen LogP contribution < -0.4 is 10.6 Å². The molecule has 2 N–H and O–H groups in total. The number of nitrogens with zero attached hydrogens (tertiary/aromatic N) is 1. The zero-order chi connectivity index (χ0) is 13.0. The fourth-order valence-corrected chi connectivity index (χ4v) is 2.75. The molecule has 2 heterocycles. The minimum absolute atomic E-state index is 0.0374. The Morgan fingerprint density at radius 1 is 1.56 bits per heavy atom. The van der Waals surface area contributed by atoms with Gasteiger partial charge in [-0.15, -0.1) is 0 Å². The molecule has 1 aromatic rings. The summed E-state index contributed by atoms with van der Waals surface area (Å²) in [7, 11) is 0. The van der Waals surface area contributed by atoms with E-state index in [0.29, 0.717) is 5.69 Å². The number of halogens is 2. The molecule has 2 fully saturated rings. The molecule has 3 rings (SSSR count). The summed E-state index contributed by atoms with van der Waals surface area (Å²) < 4.78 is 27.2. The van der Waals surface area contributed by atoms with Gasteiger partial charge in [0.1, 0.15) is 5.41 Å². The summed E-state index contributed by atoms with van der Waals surface area (Å²) in [6, 6.07) is 1.71. The number of pyridine rings is 1. The maximum atomic E-state index is 13.6. The Labute approximate surface area is 103 Å². The molecule has 1 aliphatic heterocycles. The number of carbonyl (C=O) groups excluding carboxylic acids is 1. The third-order valence-electron chi connectivity index (χ3n) is 3.83. The lowest BCUT2D eigenvalue weighted by Gasteiger charge is -2.14. The Balaban J connectivity index is 1.81. The van der Waals surface area contributed by atoms with Gasteiger partial charge >= 0.3 is 0 Å². The molecule has 2 atom stereocenters. The number of rotatable bonds is 2. The molecule has 0 bridgehead atoms. The van der Waals surface area contributed by atoms with E-state index in [-0.39, 0.29) is 13.1 Å². The van der Waals surface area contributed by atoms with Crippen LogP contribution in [0.2, 0.25) is 0 Å². The minimum atomic E-state index is -2.89. The normalized spacial score (nSPS) is 31.8. The van der Waals surface area contributed by atoms with Gasteiger partial charge in [-0.25, -0.2) is 8.78 Å². The van der Waals surface area contributed by atoms with E-state index in [4.69, 9.17) is 0 Å². The van der Waals surface area contributed by atoms with E-state index in [9.17, 15) is 13.6 Å². The zero-order valence-electron chi connectivity index (χ0n) is 9.84. The van der Waals surface area contributed by atoms with Gasteiger partial charge in [0.05, 0.1) is 17.8 Å². The van der Waals surface area contributed by atoms with Gasteiger partial charge in [0.2, 0.25) is 5.91 Å². The number of aryl methyl sites for hydroxylation is 1. The fourth-order valence-electron chi connectivity index (χ4n) is 2.75. The number of carbonyl (C=O) groups is 1. The van der Waals surface area contributed by atoms with Crippen molar-refractivity contribution < 1.29 is 13.6 Å². The lowest BCUT2D eigenvalue weighted by Crippen LogP contribution is -2.35. The van der Waals surface area contributed by atoms with Crippen molar-refractivity contribution in [3.05, 3.63) is 24.0 Å². The lowest BCUT2D eigenvalue weighted by atomic mass is 10.0. The van der Waals surface area contributed by atoms with Gasteiger partial charge < -0.3 is 10.6 Å². The van der Waals surface area contributed by atoms with Crippen molar-refractivity contribution in [2.75, 3.05) is 18.4 Å². The van der Waals surface area contributed by atoms with Gasteiger partial charge in [0.25, 0.3) is 5.92 Å². The monoisotopic (exact) mass is 253 g/mol. The van der Waals surface area contributed by atoms with Gasteiger partial charge in [0, 0.05) is 19.3 Å². The van der Waals surface area contributed by atoms with Crippen molar-refractivity contribution in [3.63, 3.8) is 0 Å². The highest BCUT2D eigenvalue weighted by molar-refractivity contribution is 5.99. The summed E-state index contributed by atoms with van der Waals surface area (Å²) in [4.78, 5) is 16.0. The van der Waals surface area contributed by atoms with E-state index < -0.39 is 23.2 Å². The van der Waals surface area contributed by atoms with E-state index in [0.717, 1.165) is 5.56 Å². The van der Waals surface area contributed by atoms with Gasteiger partial charge in [-0.1, -0.05) is 0 Å². The second-order valence-corrected chi connectivity index (χ2v) is 4.98. The first-order valence-corrected chi connectivity index (χ1v) is 5.80. The number of aromatic nitrogens is 1. The van der Waals surface area contributed by atoms with Crippen LogP contribution in [0.4, 0.5) is 14.5 Å². The molecule has 1 aliphatic carbocycles. The van der Waals surface area contributed by atoms with E-state index in [1.807, 2.05) is 6.92 Å². The molecule has 1 saturated heterocycles. The van der Waals surface area contributed by atoms with E-state index >= 15 is 0 Å². The van der Waals surface area contributed by atoms with Crippen LogP contribution in [-0.2, 0) is 4.79 Å². The average Bonchev–Trinajstić information content (AvgIpc) is 2.65. The number of amides is 1. The molecule has 0 spiro atoms. The number of fused-ring (bicyclic) bond motifs is 1. The Kier molecular flexibility index (Phi) is 2.22. The Morgan fingerprint density at radius 3 is 2.94 bits per heavy atom. The standard InChI is InChI=1S/C12H13F2N3O/c1-7-2-8(4-15-3-7)17-10(18)11-6-16-5-9(11)12(11,13)14/h2-4,9,16H,5-6H2,1H3,(H,17,18). The van der Waals surface area contributed by atoms with Crippen molar-refractivity contribution in [1.29, 1.82) is 0 Å². The van der Waals surface area contributed by atoms with Gasteiger partial charge in [0.15, 0.2) is 0 Å². The van der Waals surface area contributed by atoms with Crippen LogP contribution in [0.1, 0.15) is 5.56 Å². The second-order valence-electron chi connectivity index (χ2n) is 4.98. The molecule has 4 nitrogen and oxygen atoms in total. The predicted octanol–water partition coefficient (Wildman–Crippen LogP) is 1.18. The van der Waals surface area contributed by atoms with Crippen LogP contribution in [-0.4, -0.2) is 29.9 Å². The first-order chi connectivity index (χ1) is 8.48. The first-order valence-electron chi connectivity index (χ1n) is 5.80. The van der Waals surface area contributed by atoms with E-state index in [1.165, 1.54) is 6.20 Å². The van der Waals surface area contributed by atoms with Crippen molar-refractivity contribution in [3.8, 4) is 0 Å². The van der Waals surface area contributed by atoms with Gasteiger partial charge in [-0.2, -0.15) is 0 Å². The third kappa shape index (κ3) is 1.32. The Hall–Kier alpha value is -1.56. The highest BCUT2D eigenvalue weighted by atomic mass is 19.3. The highest BCUT2D eigenvalue weighted by Gasteiger charge is 2.86. The molecular weight excluding hydrogens is 240 g/mol. The molecule has 96 valence electrons. The maximum absolute atomic E-state index is 13.6. The fraction of sp³-hybridized carbons (Fsp3) is 0.500. The number of nitrogens with one attached hydrogen (secondary N) is 2. The summed E-state index contributed by atoms with van der Waals surface area (Å²) in [6.45, 7) is 2.06. The van der Waals surface area contributed by atoms with Crippen LogP contribution >= 0.6 is 0 Å². The minimum Gasteiger partial charge on any atom is -0.324 e. The lowest BCUT2D eigenvalue weighted by molar-refractivity contribution is -0.124. The quantitative estimate of drug-likeness (QED) is 0.832. The SMILES string of the molecule is Cc1cncc(NC(=O)C23CNCC2C3(F)F)c1. The molecule has 1 amide bonds. The van der Waals surface area contributed by atoms with E-state index in [2.05, 4.69) is 15.6 Å². The number of hydrogen-bond acceptors (Lipinski definition) is 3. The van der Waals surface area contributed by atoms with Crippen molar-refractivity contribution in [1.82, 2.24) is 10.3 Å².